The van der Waals surface area contributed by atoms with E-state index in [1.807, 2.05) is 31.2 Å². The number of hydrogen-bond acceptors (Lipinski definition) is 3. The van der Waals surface area contributed by atoms with Crippen LogP contribution in [0, 0.1) is 5.82 Å². The van der Waals surface area contributed by atoms with Crippen molar-refractivity contribution in [2.45, 2.75) is 25.9 Å². The maximum absolute atomic E-state index is 13.1. The molecule has 1 atom stereocenters. The lowest BCUT2D eigenvalue weighted by molar-refractivity contribution is -0.126. The van der Waals surface area contributed by atoms with Gasteiger partial charge in [-0.1, -0.05) is 31.2 Å². The Balaban J connectivity index is 1.55. The van der Waals surface area contributed by atoms with Crippen LogP contribution in [-0.4, -0.2) is 30.0 Å². The third kappa shape index (κ3) is 3.94. The van der Waals surface area contributed by atoms with Crippen molar-refractivity contribution in [1.29, 1.82) is 0 Å². The van der Waals surface area contributed by atoms with E-state index in [4.69, 9.17) is 4.74 Å². The van der Waals surface area contributed by atoms with Gasteiger partial charge in [0.25, 0.3) is 5.91 Å². The van der Waals surface area contributed by atoms with Gasteiger partial charge in [0.2, 0.25) is 0 Å². The Morgan fingerprint density at radius 1 is 1.10 bits per heavy atom. The third-order valence-electron chi connectivity index (χ3n) is 4.99. The standard InChI is InChI=1S/C22H22FN3O3/c1-2-11-29-17-9-5-15(6-10-17)20-19-18(24-22(28)25-20)13-26(21(19)27)12-14-3-7-16(23)8-4-14/h3-10,20H,2,11-13H2,1H3,(H2,24,25,28)/t20-/m1/s1. The summed E-state index contributed by atoms with van der Waals surface area (Å²) in [6.07, 6.45) is 0.917. The van der Waals surface area contributed by atoms with Crippen LogP contribution in [0.2, 0.25) is 0 Å². The molecule has 2 aliphatic rings. The number of benzene rings is 2. The third-order valence-corrected chi connectivity index (χ3v) is 4.99. The van der Waals surface area contributed by atoms with Gasteiger partial charge < -0.3 is 20.3 Å². The maximum Gasteiger partial charge on any atom is 0.319 e. The Labute approximate surface area is 168 Å². The summed E-state index contributed by atoms with van der Waals surface area (Å²) >= 11 is 0. The highest BCUT2D eigenvalue weighted by Gasteiger charge is 2.40. The van der Waals surface area contributed by atoms with Gasteiger partial charge in [0.1, 0.15) is 11.6 Å². The molecule has 0 radical (unpaired) electrons. The molecule has 0 bridgehead atoms. The number of urea groups is 1. The lowest BCUT2D eigenvalue weighted by atomic mass is 9.96. The van der Waals surface area contributed by atoms with Crippen LogP contribution >= 0.6 is 0 Å². The number of hydrogen-bond donors (Lipinski definition) is 2. The topological polar surface area (TPSA) is 70.7 Å². The van der Waals surface area contributed by atoms with Gasteiger partial charge in [0.05, 0.1) is 30.5 Å². The number of carbonyl (C=O) groups is 2. The quantitative estimate of drug-likeness (QED) is 0.789. The lowest BCUT2D eigenvalue weighted by Crippen LogP contribution is -2.44. The molecule has 2 aliphatic heterocycles. The molecule has 150 valence electrons. The average Bonchev–Trinajstić information content (AvgIpc) is 3.03. The van der Waals surface area contributed by atoms with E-state index < -0.39 is 6.04 Å². The molecule has 0 saturated heterocycles. The van der Waals surface area contributed by atoms with Crippen molar-refractivity contribution in [2.75, 3.05) is 13.2 Å². The second-order valence-electron chi connectivity index (χ2n) is 7.13. The average molecular weight is 395 g/mol. The minimum absolute atomic E-state index is 0.145. The van der Waals surface area contributed by atoms with Crippen LogP contribution in [0.25, 0.3) is 0 Å². The molecule has 6 nitrogen and oxygen atoms in total. The zero-order chi connectivity index (χ0) is 20.4. The summed E-state index contributed by atoms with van der Waals surface area (Å²) in [5.41, 5.74) is 2.78. The molecular weight excluding hydrogens is 373 g/mol. The second-order valence-corrected chi connectivity index (χ2v) is 7.13. The van der Waals surface area contributed by atoms with Crippen LogP contribution < -0.4 is 15.4 Å². The van der Waals surface area contributed by atoms with Crippen molar-refractivity contribution >= 4 is 11.9 Å². The zero-order valence-corrected chi connectivity index (χ0v) is 16.1. The SMILES string of the molecule is CCCOc1ccc([C@H]2NC(=O)NC3=C2C(=O)N(Cc2ccc(F)cc2)C3)cc1. The number of carbonyl (C=O) groups excluding carboxylic acids is 2. The first-order valence-electron chi connectivity index (χ1n) is 9.62. The van der Waals surface area contributed by atoms with Gasteiger partial charge in [0, 0.05) is 6.54 Å². The monoisotopic (exact) mass is 395 g/mol. The Morgan fingerprint density at radius 3 is 2.52 bits per heavy atom. The maximum atomic E-state index is 13.1. The summed E-state index contributed by atoms with van der Waals surface area (Å²) in [4.78, 5) is 26.9. The second kappa shape index (κ2) is 7.95. The van der Waals surface area contributed by atoms with E-state index in [2.05, 4.69) is 10.6 Å². The first kappa shape index (κ1) is 19.0. The van der Waals surface area contributed by atoms with Crippen LogP contribution in [-0.2, 0) is 11.3 Å². The van der Waals surface area contributed by atoms with Gasteiger partial charge in [-0.05, 0) is 41.8 Å². The predicted molar refractivity (Wildman–Crippen MR) is 105 cm³/mol. The molecule has 2 heterocycles. The van der Waals surface area contributed by atoms with Crippen molar-refractivity contribution in [1.82, 2.24) is 15.5 Å². The van der Waals surface area contributed by atoms with Gasteiger partial charge in [-0.25, -0.2) is 9.18 Å². The van der Waals surface area contributed by atoms with E-state index in [-0.39, 0.29) is 17.8 Å². The number of ether oxygens (including phenoxy) is 1. The predicted octanol–water partition coefficient (Wildman–Crippen LogP) is 3.26. The first-order chi connectivity index (χ1) is 14.0. The first-order valence-corrected chi connectivity index (χ1v) is 9.62. The minimum atomic E-state index is -0.523. The van der Waals surface area contributed by atoms with Gasteiger partial charge in [-0.3, -0.25) is 4.79 Å². The molecule has 7 heteroatoms. The number of halogens is 1. The lowest BCUT2D eigenvalue weighted by Gasteiger charge is -2.25. The largest absolute Gasteiger partial charge is 0.494 e. The van der Waals surface area contributed by atoms with Crippen molar-refractivity contribution < 1.29 is 18.7 Å². The zero-order valence-electron chi connectivity index (χ0n) is 16.1. The minimum Gasteiger partial charge on any atom is -0.494 e. The normalized spacial score (nSPS) is 18.4. The molecule has 0 unspecified atom stereocenters. The van der Waals surface area contributed by atoms with E-state index in [0.717, 1.165) is 23.3 Å². The molecule has 0 aromatic heterocycles. The highest BCUT2D eigenvalue weighted by atomic mass is 19.1. The molecular formula is C22H22FN3O3. The van der Waals surface area contributed by atoms with Crippen LogP contribution in [0.3, 0.4) is 0 Å². The molecule has 2 aromatic carbocycles. The molecule has 4 rings (SSSR count). The molecule has 2 N–H and O–H groups in total. The van der Waals surface area contributed by atoms with E-state index in [0.29, 0.717) is 31.0 Å². The summed E-state index contributed by atoms with van der Waals surface area (Å²) in [5, 5.41) is 5.60. The smallest absolute Gasteiger partial charge is 0.319 e. The highest BCUT2D eigenvalue weighted by molar-refractivity contribution is 6.01. The summed E-state index contributed by atoms with van der Waals surface area (Å²) < 4.78 is 18.7. The number of nitrogens with zero attached hydrogens (tertiary/aromatic N) is 1. The fraction of sp³-hybridized carbons (Fsp3) is 0.273. The molecule has 29 heavy (non-hydrogen) atoms. The van der Waals surface area contributed by atoms with Crippen LogP contribution in [0.15, 0.2) is 59.8 Å². The van der Waals surface area contributed by atoms with Gasteiger partial charge >= 0.3 is 6.03 Å². The molecule has 0 fully saturated rings. The molecule has 0 spiro atoms. The number of nitrogens with one attached hydrogen (secondary N) is 2. The van der Waals surface area contributed by atoms with E-state index >= 15 is 0 Å². The van der Waals surface area contributed by atoms with Gasteiger partial charge in [-0.2, -0.15) is 0 Å². The number of rotatable bonds is 6. The van der Waals surface area contributed by atoms with Crippen molar-refractivity contribution in [3.05, 3.63) is 76.7 Å². The Kier molecular flexibility index (Phi) is 5.20. The van der Waals surface area contributed by atoms with Gasteiger partial charge in [0.15, 0.2) is 0 Å². The fourth-order valence-corrected chi connectivity index (χ4v) is 3.59. The molecule has 2 aromatic rings. The van der Waals surface area contributed by atoms with Crippen molar-refractivity contribution in [2.24, 2.45) is 0 Å². The summed E-state index contributed by atoms with van der Waals surface area (Å²) in [6, 6.07) is 12.6. The Morgan fingerprint density at radius 2 is 1.83 bits per heavy atom. The molecule has 0 aliphatic carbocycles. The summed E-state index contributed by atoms with van der Waals surface area (Å²) in [7, 11) is 0. The van der Waals surface area contributed by atoms with Crippen molar-refractivity contribution in [3.8, 4) is 5.75 Å². The summed E-state index contributed by atoms with van der Waals surface area (Å²) in [5.74, 6) is 0.288. The summed E-state index contributed by atoms with van der Waals surface area (Å²) in [6.45, 7) is 3.33. The van der Waals surface area contributed by atoms with E-state index in [9.17, 15) is 14.0 Å². The fourth-order valence-electron chi connectivity index (χ4n) is 3.59. The van der Waals surface area contributed by atoms with Gasteiger partial charge in [-0.15, -0.1) is 0 Å². The van der Waals surface area contributed by atoms with Crippen molar-refractivity contribution in [3.63, 3.8) is 0 Å². The van der Waals surface area contributed by atoms with Crippen LogP contribution in [0.1, 0.15) is 30.5 Å². The van der Waals surface area contributed by atoms with Crippen LogP contribution in [0.4, 0.5) is 9.18 Å². The highest BCUT2D eigenvalue weighted by Crippen LogP contribution is 2.33. The van der Waals surface area contributed by atoms with E-state index in [1.165, 1.54) is 12.1 Å². The Bertz CT molecular complexity index is 954. The Hall–Kier alpha value is -3.35. The van der Waals surface area contributed by atoms with E-state index in [1.54, 1.807) is 17.0 Å². The van der Waals surface area contributed by atoms with Crippen LogP contribution in [0.5, 0.6) is 5.75 Å². The molecule has 0 saturated carbocycles. The molecule has 3 amide bonds. The number of amides is 3.